The Morgan fingerprint density at radius 1 is 1.32 bits per heavy atom. The Labute approximate surface area is 148 Å². The molecule has 5 nitrogen and oxygen atoms in total. The molecule has 1 aliphatic carbocycles. The fourth-order valence-electron chi connectivity index (χ4n) is 3.72. The molecule has 1 saturated carbocycles. The van der Waals surface area contributed by atoms with Crippen molar-refractivity contribution in [3.63, 3.8) is 0 Å². The van der Waals surface area contributed by atoms with Crippen LogP contribution in [-0.2, 0) is 20.8 Å². The topological polar surface area (TPSA) is 42.0 Å². The van der Waals surface area contributed by atoms with Crippen molar-refractivity contribution >= 4 is 5.91 Å². The van der Waals surface area contributed by atoms with E-state index in [1.165, 1.54) is 12.1 Å². The average molecular weight is 350 g/mol. The van der Waals surface area contributed by atoms with E-state index in [1.54, 1.807) is 19.0 Å². The highest BCUT2D eigenvalue weighted by Gasteiger charge is 2.40. The molecule has 1 aromatic carbocycles. The second-order valence-corrected chi connectivity index (χ2v) is 7.21. The van der Waals surface area contributed by atoms with Gasteiger partial charge in [0, 0.05) is 33.2 Å². The second-order valence-electron chi connectivity index (χ2n) is 7.21. The van der Waals surface area contributed by atoms with E-state index in [1.807, 2.05) is 12.1 Å². The maximum Gasteiger partial charge on any atom is 0.248 e. The van der Waals surface area contributed by atoms with Gasteiger partial charge in [0.15, 0.2) is 0 Å². The van der Waals surface area contributed by atoms with Crippen molar-refractivity contribution in [3.8, 4) is 0 Å². The predicted molar refractivity (Wildman–Crippen MR) is 92.6 cm³/mol. The third-order valence-electron chi connectivity index (χ3n) is 5.13. The summed E-state index contributed by atoms with van der Waals surface area (Å²) in [5.41, 5.74) is 1.12. The van der Waals surface area contributed by atoms with E-state index in [9.17, 15) is 9.18 Å². The lowest BCUT2D eigenvalue weighted by molar-refractivity contribution is -0.134. The predicted octanol–water partition coefficient (Wildman–Crippen LogP) is 1.91. The lowest BCUT2D eigenvalue weighted by Crippen LogP contribution is -2.47. The van der Waals surface area contributed by atoms with E-state index in [0.717, 1.165) is 38.1 Å². The summed E-state index contributed by atoms with van der Waals surface area (Å²) >= 11 is 0. The van der Waals surface area contributed by atoms with E-state index < -0.39 is 0 Å². The molecule has 0 bridgehead atoms. The molecule has 2 aliphatic rings. The number of ether oxygens (including phenoxy) is 2. The third-order valence-corrected chi connectivity index (χ3v) is 5.13. The molecule has 1 amide bonds. The highest BCUT2D eigenvalue weighted by molar-refractivity contribution is 5.76. The van der Waals surface area contributed by atoms with Crippen LogP contribution in [0.2, 0.25) is 0 Å². The second kappa shape index (κ2) is 8.25. The van der Waals surface area contributed by atoms with Gasteiger partial charge in [-0.3, -0.25) is 9.69 Å². The van der Waals surface area contributed by atoms with Crippen LogP contribution in [0.5, 0.6) is 0 Å². The van der Waals surface area contributed by atoms with Crippen molar-refractivity contribution < 1.29 is 18.7 Å². The first kappa shape index (κ1) is 18.3. The van der Waals surface area contributed by atoms with Crippen molar-refractivity contribution in [2.45, 2.75) is 31.5 Å². The molecule has 3 atom stereocenters. The Kier molecular flexibility index (Phi) is 6.04. The zero-order valence-electron chi connectivity index (χ0n) is 15.0. The first-order chi connectivity index (χ1) is 12.0. The number of hydrogen-bond acceptors (Lipinski definition) is 4. The lowest BCUT2D eigenvalue weighted by atomic mass is 10.1. The van der Waals surface area contributed by atoms with Gasteiger partial charge in [-0.25, -0.2) is 4.39 Å². The summed E-state index contributed by atoms with van der Waals surface area (Å²) in [7, 11) is 3.47. The van der Waals surface area contributed by atoms with Crippen LogP contribution in [0.1, 0.15) is 18.4 Å². The van der Waals surface area contributed by atoms with Crippen molar-refractivity contribution in [1.29, 1.82) is 0 Å². The molecule has 2 fully saturated rings. The molecule has 6 heteroatoms. The van der Waals surface area contributed by atoms with E-state index in [0.29, 0.717) is 18.6 Å². The summed E-state index contributed by atoms with van der Waals surface area (Å²) < 4.78 is 24.6. The molecule has 1 heterocycles. The minimum absolute atomic E-state index is 0.00963. The lowest BCUT2D eigenvalue weighted by Gasteiger charge is -2.37. The fraction of sp³-hybridized carbons (Fsp3) is 0.632. The van der Waals surface area contributed by atoms with E-state index in [2.05, 4.69) is 4.90 Å². The van der Waals surface area contributed by atoms with Gasteiger partial charge in [-0.1, -0.05) is 12.1 Å². The normalized spacial score (nSPS) is 26.4. The number of carbonyl (C=O) groups is 1. The Bertz CT molecular complexity index is 579. The molecule has 25 heavy (non-hydrogen) atoms. The highest BCUT2D eigenvalue weighted by Crippen LogP contribution is 2.35. The minimum Gasteiger partial charge on any atom is -0.375 e. The average Bonchev–Trinajstić information content (AvgIpc) is 3.00. The molecule has 0 unspecified atom stereocenters. The van der Waals surface area contributed by atoms with Crippen molar-refractivity contribution in [1.82, 2.24) is 9.80 Å². The molecular weight excluding hydrogens is 323 g/mol. The molecule has 138 valence electrons. The fourth-order valence-corrected chi connectivity index (χ4v) is 3.72. The van der Waals surface area contributed by atoms with E-state index >= 15 is 0 Å². The van der Waals surface area contributed by atoms with E-state index in [4.69, 9.17) is 9.47 Å². The van der Waals surface area contributed by atoms with Crippen LogP contribution in [0.3, 0.4) is 0 Å². The maximum absolute atomic E-state index is 13.1. The molecule has 1 aliphatic heterocycles. The molecule has 0 N–H and O–H groups in total. The zero-order valence-corrected chi connectivity index (χ0v) is 15.0. The number of morpholine rings is 1. The Balaban J connectivity index is 1.51. The van der Waals surface area contributed by atoms with Crippen molar-refractivity contribution in [2.75, 3.05) is 40.5 Å². The number of likely N-dealkylation sites (N-methyl/N-ethyl adjacent to an activating group) is 1. The Morgan fingerprint density at radius 2 is 2.08 bits per heavy atom. The summed E-state index contributed by atoms with van der Waals surface area (Å²) in [5.74, 6) is 0.206. The van der Waals surface area contributed by atoms with Gasteiger partial charge in [0.2, 0.25) is 5.91 Å². The van der Waals surface area contributed by atoms with Crippen molar-refractivity contribution in [3.05, 3.63) is 35.6 Å². The smallest absolute Gasteiger partial charge is 0.248 e. The van der Waals surface area contributed by atoms with Gasteiger partial charge in [-0.05, 0) is 36.5 Å². The number of rotatable bonds is 6. The zero-order chi connectivity index (χ0) is 17.8. The molecule has 0 aromatic heterocycles. The standard InChI is InChI=1S/C19H27FN2O3/c1-21(2)19(23)13-24-12-15-9-17-18(10-15)25-8-7-22(17)11-14-3-5-16(20)6-4-14/h3-6,15,17-18H,7-13H2,1-2H3/t15-,17+,18+/m0/s1. The Hall–Kier alpha value is -1.50. The van der Waals surface area contributed by atoms with E-state index in [-0.39, 0.29) is 24.4 Å². The van der Waals surface area contributed by atoms with Crippen LogP contribution in [0.4, 0.5) is 4.39 Å². The van der Waals surface area contributed by atoms with Gasteiger partial charge >= 0.3 is 0 Å². The summed E-state index contributed by atoms with van der Waals surface area (Å²) in [5, 5.41) is 0. The van der Waals surface area contributed by atoms with Crippen LogP contribution < -0.4 is 0 Å². The van der Waals surface area contributed by atoms with Gasteiger partial charge in [-0.2, -0.15) is 0 Å². The number of carbonyl (C=O) groups excluding carboxylic acids is 1. The van der Waals surface area contributed by atoms with Gasteiger partial charge in [0.1, 0.15) is 12.4 Å². The van der Waals surface area contributed by atoms with Gasteiger partial charge in [-0.15, -0.1) is 0 Å². The maximum atomic E-state index is 13.1. The monoisotopic (exact) mass is 350 g/mol. The molecule has 0 radical (unpaired) electrons. The summed E-state index contributed by atoms with van der Waals surface area (Å²) in [4.78, 5) is 15.6. The summed E-state index contributed by atoms with van der Waals surface area (Å²) in [6.07, 6.45) is 2.22. The minimum atomic E-state index is -0.200. The molecule has 3 rings (SSSR count). The molecule has 1 aromatic rings. The van der Waals surface area contributed by atoms with Crippen LogP contribution in [0.25, 0.3) is 0 Å². The quantitative estimate of drug-likeness (QED) is 0.786. The van der Waals surface area contributed by atoms with Crippen molar-refractivity contribution in [2.24, 2.45) is 5.92 Å². The first-order valence-electron chi connectivity index (χ1n) is 8.91. The SMILES string of the molecule is CN(C)C(=O)COC[C@H]1C[C@@H]2[C@@H](C1)OCCN2Cc1ccc(F)cc1. The van der Waals surface area contributed by atoms with Crippen LogP contribution in [-0.4, -0.2) is 68.3 Å². The number of nitrogens with zero attached hydrogens (tertiary/aromatic N) is 2. The summed E-state index contributed by atoms with van der Waals surface area (Å²) in [6, 6.07) is 7.10. The van der Waals surface area contributed by atoms with Crippen LogP contribution >= 0.6 is 0 Å². The molecule has 0 spiro atoms. The summed E-state index contributed by atoms with van der Waals surface area (Å²) in [6.45, 7) is 3.18. The number of benzene rings is 1. The Morgan fingerprint density at radius 3 is 2.80 bits per heavy atom. The van der Waals surface area contributed by atoms with Gasteiger partial charge in [0.05, 0.1) is 19.3 Å². The van der Waals surface area contributed by atoms with Crippen LogP contribution in [0.15, 0.2) is 24.3 Å². The molecular formula is C19H27FN2O3. The number of hydrogen-bond donors (Lipinski definition) is 0. The molecule has 1 saturated heterocycles. The van der Waals surface area contributed by atoms with Gasteiger partial charge in [0.25, 0.3) is 0 Å². The number of fused-ring (bicyclic) bond motifs is 1. The number of halogens is 1. The van der Waals surface area contributed by atoms with Gasteiger partial charge < -0.3 is 14.4 Å². The highest BCUT2D eigenvalue weighted by atomic mass is 19.1. The number of amides is 1. The third kappa shape index (κ3) is 4.77. The largest absolute Gasteiger partial charge is 0.375 e. The van der Waals surface area contributed by atoms with Crippen LogP contribution in [0, 0.1) is 11.7 Å². The first-order valence-corrected chi connectivity index (χ1v) is 8.91.